The van der Waals surface area contributed by atoms with Crippen LogP contribution in [0, 0.1) is 5.92 Å². The molecule has 2 aliphatic heterocycles. The second-order valence-corrected chi connectivity index (χ2v) is 9.99. The molecule has 3 aromatic carbocycles. The van der Waals surface area contributed by atoms with E-state index in [1.165, 1.54) is 4.90 Å². The zero-order chi connectivity index (χ0) is 23.7. The molecule has 0 spiro atoms. The van der Waals surface area contributed by atoms with E-state index in [2.05, 4.69) is 20.8 Å². The van der Waals surface area contributed by atoms with Crippen molar-refractivity contribution in [2.45, 2.75) is 30.9 Å². The molecule has 0 radical (unpaired) electrons. The fourth-order valence-corrected chi connectivity index (χ4v) is 5.68. The van der Waals surface area contributed by atoms with Gasteiger partial charge in [0.15, 0.2) is 0 Å². The van der Waals surface area contributed by atoms with Crippen LogP contribution < -0.4 is 4.90 Å². The number of benzene rings is 3. The quantitative estimate of drug-likeness (QED) is 0.496. The molecule has 1 atom stereocenters. The van der Waals surface area contributed by atoms with Crippen LogP contribution in [0.15, 0.2) is 89.4 Å². The van der Waals surface area contributed by atoms with E-state index in [9.17, 15) is 14.7 Å². The molecule has 2 saturated heterocycles. The normalized spacial score (nSPS) is 20.2. The van der Waals surface area contributed by atoms with Crippen LogP contribution in [-0.4, -0.2) is 41.0 Å². The third-order valence-corrected chi connectivity index (χ3v) is 7.73. The van der Waals surface area contributed by atoms with Crippen molar-refractivity contribution < 1.29 is 14.7 Å². The zero-order valence-corrected chi connectivity index (χ0v) is 20.4. The Kier molecular flexibility index (Phi) is 6.38. The molecule has 0 saturated carbocycles. The second-order valence-electron chi connectivity index (χ2n) is 9.07. The number of rotatable bonds is 5. The summed E-state index contributed by atoms with van der Waals surface area (Å²) in [6.07, 6.45) is 1.66. The van der Waals surface area contributed by atoms with Crippen LogP contribution in [0.3, 0.4) is 0 Å². The minimum absolute atomic E-state index is 0.00309. The number of likely N-dealkylation sites (tertiary alicyclic amines) is 1. The molecule has 174 valence electrons. The molecule has 0 bridgehead atoms. The first kappa shape index (κ1) is 23.0. The van der Waals surface area contributed by atoms with Crippen LogP contribution in [0.2, 0.25) is 0 Å². The van der Waals surface area contributed by atoms with Crippen LogP contribution in [0.1, 0.15) is 30.4 Å². The largest absolute Gasteiger partial charge is 0.380 e. The Hall–Kier alpha value is -2.80. The summed E-state index contributed by atoms with van der Waals surface area (Å²) in [5.74, 6) is -0.319. The standard InChI is InChI=1S/C28H27BrN2O3/c29-23-11-13-24(14-12-23)31-26(32)19-25(27(31)33)30-17-15-22(16-18-30)28(34,20-7-3-1-4-8-20)21-9-5-2-6-10-21/h1-14,22,25,34H,15-19H2/t25-/m0/s1. The van der Waals surface area contributed by atoms with Crippen LogP contribution in [0.25, 0.3) is 0 Å². The molecular formula is C28H27BrN2O3. The lowest BCUT2D eigenvalue weighted by atomic mass is 9.72. The van der Waals surface area contributed by atoms with Crippen LogP contribution >= 0.6 is 15.9 Å². The van der Waals surface area contributed by atoms with Crippen molar-refractivity contribution in [2.24, 2.45) is 5.92 Å². The van der Waals surface area contributed by atoms with Crippen molar-refractivity contribution >= 4 is 33.4 Å². The first-order valence-electron chi connectivity index (χ1n) is 11.7. The van der Waals surface area contributed by atoms with Gasteiger partial charge in [0.25, 0.3) is 5.91 Å². The van der Waals surface area contributed by atoms with Crippen molar-refractivity contribution in [3.63, 3.8) is 0 Å². The van der Waals surface area contributed by atoms with E-state index in [4.69, 9.17) is 0 Å². The predicted molar refractivity (Wildman–Crippen MR) is 135 cm³/mol. The van der Waals surface area contributed by atoms with Gasteiger partial charge in [0.1, 0.15) is 5.60 Å². The van der Waals surface area contributed by atoms with Gasteiger partial charge in [0, 0.05) is 4.47 Å². The lowest BCUT2D eigenvalue weighted by Crippen LogP contribution is -2.49. The number of carbonyl (C=O) groups is 2. The first-order chi connectivity index (χ1) is 16.5. The van der Waals surface area contributed by atoms with Gasteiger partial charge >= 0.3 is 0 Å². The Labute approximate surface area is 208 Å². The fourth-order valence-electron chi connectivity index (χ4n) is 5.41. The van der Waals surface area contributed by atoms with Gasteiger partial charge in [0.2, 0.25) is 5.91 Å². The molecule has 0 aliphatic carbocycles. The summed E-state index contributed by atoms with van der Waals surface area (Å²) in [5.41, 5.74) is 1.27. The van der Waals surface area contributed by atoms with Crippen molar-refractivity contribution in [3.8, 4) is 0 Å². The number of aliphatic hydroxyl groups is 1. The maximum atomic E-state index is 13.2. The van der Waals surface area contributed by atoms with Gasteiger partial charge in [0.05, 0.1) is 18.2 Å². The molecule has 6 heteroatoms. The van der Waals surface area contributed by atoms with Gasteiger partial charge in [-0.3, -0.25) is 14.5 Å². The Balaban J connectivity index is 1.34. The van der Waals surface area contributed by atoms with E-state index in [1.54, 1.807) is 12.1 Å². The number of carbonyl (C=O) groups excluding carboxylic acids is 2. The minimum atomic E-state index is -1.10. The fraction of sp³-hybridized carbons (Fsp3) is 0.286. The molecule has 0 aromatic heterocycles. The second kappa shape index (κ2) is 9.45. The summed E-state index contributed by atoms with van der Waals surface area (Å²) < 4.78 is 0.901. The molecule has 2 amide bonds. The highest BCUT2D eigenvalue weighted by Crippen LogP contribution is 2.42. The molecule has 34 heavy (non-hydrogen) atoms. The highest BCUT2D eigenvalue weighted by Gasteiger charge is 2.46. The van der Waals surface area contributed by atoms with Crippen LogP contribution in [0.5, 0.6) is 0 Å². The van der Waals surface area contributed by atoms with E-state index in [0.717, 1.165) is 28.4 Å². The summed E-state index contributed by atoms with van der Waals surface area (Å²) in [7, 11) is 0. The van der Waals surface area contributed by atoms with Gasteiger partial charge in [-0.25, -0.2) is 4.90 Å². The maximum Gasteiger partial charge on any atom is 0.251 e. The maximum absolute atomic E-state index is 13.2. The zero-order valence-electron chi connectivity index (χ0n) is 18.8. The third kappa shape index (κ3) is 4.11. The number of hydrogen-bond donors (Lipinski definition) is 1. The van der Waals surface area contributed by atoms with E-state index in [-0.39, 0.29) is 24.2 Å². The third-order valence-electron chi connectivity index (χ3n) is 7.20. The van der Waals surface area contributed by atoms with Gasteiger partial charge in [-0.05, 0) is 67.2 Å². The Morgan fingerprint density at radius 1 is 0.794 bits per heavy atom. The van der Waals surface area contributed by atoms with Gasteiger partial charge in [-0.15, -0.1) is 0 Å². The smallest absolute Gasteiger partial charge is 0.251 e. The summed E-state index contributed by atoms with van der Waals surface area (Å²) in [4.78, 5) is 29.4. The molecule has 3 aromatic rings. The number of halogens is 1. The summed E-state index contributed by atoms with van der Waals surface area (Å²) in [6, 6.07) is 26.5. The highest BCUT2D eigenvalue weighted by molar-refractivity contribution is 9.10. The molecule has 1 N–H and O–H groups in total. The van der Waals surface area contributed by atoms with Crippen LogP contribution in [-0.2, 0) is 15.2 Å². The van der Waals surface area contributed by atoms with Crippen molar-refractivity contribution in [2.75, 3.05) is 18.0 Å². The molecule has 2 fully saturated rings. The van der Waals surface area contributed by atoms with E-state index in [1.807, 2.05) is 72.8 Å². The number of anilines is 1. The summed E-state index contributed by atoms with van der Waals surface area (Å²) in [6.45, 7) is 1.31. The van der Waals surface area contributed by atoms with Crippen molar-refractivity contribution in [1.82, 2.24) is 4.90 Å². The molecule has 2 aliphatic rings. The molecule has 5 rings (SSSR count). The number of imide groups is 1. The monoisotopic (exact) mass is 518 g/mol. The average molecular weight is 519 g/mol. The van der Waals surface area contributed by atoms with Crippen LogP contribution in [0.4, 0.5) is 5.69 Å². The summed E-state index contributed by atoms with van der Waals surface area (Å²) >= 11 is 3.40. The molecule has 5 nitrogen and oxygen atoms in total. The highest BCUT2D eigenvalue weighted by atomic mass is 79.9. The predicted octanol–water partition coefficient (Wildman–Crippen LogP) is 4.73. The van der Waals surface area contributed by atoms with E-state index >= 15 is 0 Å². The SMILES string of the molecule is O=C1C[C@H](N2CCC(C(O)(c3ccccc3)c3ccccc3)CC2)C(=O)N1c1ccc(Br)cc1. The first-order valence-corrected chi connectivity index (χ1v) is 12.5. The molecule has 2 heterocycles. The summed E-state index contributed by atoms with van der Waals surface area (Å²) in [5, 5.41) is 12.1. The number of nitrogens with zero attached hydrogens (tertiary/aromatic N) is 2. The number of hydrogen-bond acceptors (Lipinski definition) is 4. The molecule has 0 unspecified atom stereocenters. The number of amides is 2. The Morgan fingerprint density at radius 2 is 1.32 bits per heavy atom. The Bertz CT molecular complexity index is 1120. The van der Waals surface area contributed by atoms with E-state index < -0.39 is 11.6 Å². The lowest BCUT2D eigenvalue weighted by Gasteiger charge is -2.43. The topological polar surface area (TPSA) is 60.9 Å². The average Bonchev–Trinajstić information content (AvgIpc) is 3.19. The van der Waals surface area contributed by atoms with E-state index in [0.29, 0.717) is 18.8 Å². The van der Waals surface area contributed by atoms with Gasteiger partial charge < -0.3 is 5.11 Å². The van der Waals surface area contributed by atoms with Gasteiger partial charge in [-0.2, -0.15) is 0 Å². The van der Waals surface area contributed by atoms with Crippen molar-refractivity contribution in [3.05, 3.63) is 101 Å². The van der Waals surface area contributed by atoms with Crippen molar-refractivity contribution in [1.29, 1.82) is 0 Å². The Morgan fingerprint density at radius 3 is 1.85 bits per heavy atom. The molecular weight excluding hydrogens is 492 g/mol. The number of piperidine rings is 1. The minimum Gasteiger partial charge on any atom is -0.380 e. The lowest BCUT2D eigenvalue weighted by molar-refractivity contribution is -0.123. The van der Waals surface area contributed by atoms with Gasteiger partial charge in [-0.1, -0.05) is 76.6 Å².